The summed E-state index contributed by atoms with van der Waals surface area (Å²) in [4.78, 5) is 3.58. The fraction of sp³-hybridized carbons (Fsp3) is 0.400. The highest BCUT2D eigenvalue weighted by atomic mass is 19.4. The number of hydrogen-bond acceptors (Lipinski definition) is 3. The van der Waals surface area contributed by atoms with Gasteiger partial charge < -0.3 is 15.0 Å². The van der Waals surface area contributed by atoms with Crippen LogP contribution in [0, 0.1) is 0 Å². The molecule has 0 unspecified atom stereocenters. The summed E-state index contributed by atoms with van der Waals surface area (Å²) in [6.07, 6.45) is -3.79. The molecule has 0 fully saturated rings. The normalized spacial score (nSPS) is 12.2. The number of benzene rings is 1. The predicted molar refractivity (Wildman–Crippen MR) is 77.6 cm³/mol. The number of imidazole rings is 1. The molecule has 0 aliphatic rings. The summed E-state index contributed by atoms with van der Waals surface area (Å²) in [6, 6.07) is 3.81. The third-order valence-electron chi connectivity index (χ3n) is 3.32. The number of rotatable bonds is 5. The van der Waals surface area contributed by atoms with Crippen molar-refractivity contribution in [1.29, 1.82) is 0 Å². The largest absolute Gasteiger partial charge is 0.434 e. The van der Waals surface area contributed by atoms with Gasteiger partial charge in [-0.1, -0.05) is 6.07 Å². The van der Waals surface area contributed by atoms with Crippen LogP contribution >= 0.6 is 0 Å². The zero-order chi connectivity index (χ0) is 18.1. The molecule has 0 saturated heterocycles. The molecule has 0 aliphatic heterocycles. The molecule has 0 saturated carbocycles. The Morgan fingerprint density at radius 2 is 1.92 bits per heavy atom. The van der Waals surface area contributed by atoms with E-state index in [1.54, 1.807) is 13.8 Å². The SMILES string of the molecule is CC(C)n1cc(C(F)(F)F)nc1-c1ccc(CN)cc1OC(F)F. The van der Waals surface area contributed by atoms with Crippen molar-refractivity contribution in [2.75, 3.05) is 0 Å². The highest BCUT2D eigenvalue weighted by Crippen LogP contribution is 2.36. The van der Waals surface area contributed by atoms with Crippen molar-refractivity contribution < 1.29 is 26.7 Å². The van der Waals surface area contributed by atoms with Gasteiger partial charge in [-0.25, -0.2) is 4.98 Å². The van der Waals surface area contributed by atoms with Crippen LogP contribution in [0.25, 0.3) is 11.4 Å². The van der Waals surface area contributed by atoms with E-state index in [9.17, 15) is 22.0 Å². The fourth-order valence-electron chi connectivity index (χ4n) is 2.20. The highest BCUT2D eigenvalue weighted by molar-refractivity contribution is 5.66. The molecule has 0 aliphatic carbocycles. The smallest absolute Gasteiger partial charge is 0.434 e. The van der Waals surface area contributed by atoms with E-state index in [4.69, 9.17) is 5.73 Å². The number of alkyl halides is 5. The first-order valence-corrected chi connectivity index (χ1v) is 7.07. The van der Waals surface area contributed by atoms with E-state index < -0.39 is 18.5 Å². The summed E-state index contributed by atoms with van der Waals surface area (Å²) in [6.45, 7) is 0.272. The second-order valence-corrected chi connectivity index (χ2v) is 5.36. The summed E-state index contributed by atoms with van der Waals surface area (Å²) in [5.41, 5.74) is 4.91. The Morgan fingerprint density at radius 3 is 2.42 bits per heavy atom. The average molecular weight is 349 g/mol. The molecule has 2 rings (SSSR count). The van der Waals surface area contributed by atoms with Gasteiger partial charge in [-0.15, -0.1) is 0 Å². The van der Waals surface area contributed by atoms with Gasteiger partial charge in [0.2, 0.25) is 0 Å². The summed E-state index contributed by atoms with van der Waals surface area (Å²) < 4.78 is 69.8. The molecular weight excluding hydrogens is 333 g/mol. The zero-order valence-corrected chi connectivity index (χ0v) is 12.9. The maximum absolute atomic E-state index is 12.9. The Hall–Kier alpha value is -2.16. The number of hydrogen-bond donors (Lipinski definition) is 1. The van der Waals surface area contributed by atoms with Crippen LogP contribution in [-0.2, 0) is 12.7 Å². The molecule has 9 heteroatoms. The van der Waals surface area contributed by atoms with E-state index in [2.05, 4.69) is 9.72 Å². The van der Waals surface area contributed by atoms with Gasteiger partial charge in [0.05, 0.1) is 5.56 Å². The Balaban J connectivity index is 2.64. The van der Waals surface area contributed by atoms with Gasteiger partial charge in [-0.05, 0) is 31.5 Å². The van der Waals surface area contributed by atoms with Crippen LogP contribution in [0.5, 0.6) is 5.75 Å². The quantitative estimate of drug-likeness (QED) is 0.823. The van der Waals surface area contributed by atoms with Gasteiger partial charge in [-0.3, -0.25) is 0 Å². The van der Waals surface area contributed by atoms with Crippen LogP contribution in [-0.4, -0.2) is 16.2 Å². The van der Waals surface area contributed by atoms with Crippen molar-refractivity contribution in [2.45, 2.75) is 39.2 Å². The Morgan fingerprint density at radius 1 is 1.25 bits per heavy atom. The first kappa shape index (κ1) is 18.2. The maximum Gasteiger partial charge on any atom is 0.434 e. The first-order valence-electron chi connectivity index (χ1n) is 7.07. The monoisotopic (exact) mass is 349 g/mol. The lowest BCUT2D eigenvalue weighted by Gasteiger charge is -2.15. The molecule has 4 nitrogen and oxygen atoms in total. The minimum atomic E-state index is -4.64. The molecule has 132 valence electrons. The molecule has 1 aromatic carbocycles. The minimum absolute atomic E-state index is 0.0386. The highest BCUT2D eigenvalue weighted by Gasteiger charge is 2.35. The van der Waals surface area contributed by atoms with Crippen molar-refractivity contribution in [2.24, 2.45) is 5.73 Å². The molecular formula is C15H16F5N3O. The summed E-state index contributed by atoms with van der Waals surface area (Å²) in [5, 5.41) is 0. The van der Waals surface area contributed by atoms with Crippen LogP contribution < -0.4 is 10.5 Å². The zero-order valence-electron chi connectivity index (χ0n) is 12.9. The Kier molecular flexibility index (Phi) is 5.12. The van der Waals surface area contributed by atoms with E-state index >= 15 is 0 Å². The molecule has 0 bridgehead atoms. The van der Waals surface area contributed by atoms with Crippen LogP contribution in [0.15, 0.2) is 24.4 Å². The minimum Gasteiger partial charge on any atom is -0.434 e. The van der Waals surface area contributed by atoms with Crippen molar-refractivity contribution >= 4 is 0 Å². The lowest BCUT2D eigenvalue weighted by Crippen LogP contribution is -2.07. The molecule has 0 amide bonds. The molecule has 2 aromatic rings. The van der Waals surface area contributed by atoms with Crippen LogP contribution in [0.4, 0.5) is 22.0 Å². The molecule has 1 aromatic heterocycles. The van der Waals surface area contributed by atoms with Crippen LogP contribution in [0.3, 0.4) is 0 Å². The van der Waals surface area contributed by atoms with Gasteiger partial charge in [0.1, 0.15) is 11.6 Å². The Labute approximate surface area is 135 Å². The number of nitrogens with two attached hydrogens (primary N) is 1. The fourth-order valence-corrected chi connectivity index (χ4v) is 2.20. The number of nitrogens with zero attached hydrogens (tertiary/aromatic N) is 2. The average Bonchev–Trinajstić information content (AvgIpc) is 2.91. The molecule has 0 atom stereocenters. The van der Waals surface area contributed by atoms with Crippen molar-refractivity contribution in [1.82, 2.24) is 9.55 Å². The van der Waals surface area contributed by atoms with E-state index in [0.29, 0.717) is 5.56 Å². The molecule has 2 N–H and O–H groups in total. The maximum atomic E-state index is 12.9. The van der Waals surface area contributed by atoms with Gasteiger partial charge in [0, 0.05) is 18.8 Å². The summed E-state index contributed by atoms with van der Waals surface area (Å²) in [7, 11) is 0. The Bertz CT molecular complexity index is 710. The van der Waals surface area contributed by atoms with Gasteiger partial charge >= 0.3 is 12.8 Å². The molecule has 1 heterocycles. The predicted octanol–water partition coefficient (Wildman–Crippen LogP) is 4.21. The first-order chi connectivity index (χ1) is 11.1. The van der Waals surface area contributed by atoms with Crippen molar-refractivity contribution in [3.05, 3.63) is 35.7 Å². The van der Waals surface area contributed by atoms with Crippen molar-refractivity contribution in [3.63, 3.8) is 0 Å². The van der Waals surface area contributed by atoms with Crippen LogP contribution in [0.2, 0.25) is 0 Å². The summed E-state index contributed by atoms with van der Waals surface area (Å²) >= 11 is 0. The summed E-state index contributed by atoms with van der Waals surface area (Å²) in [5.74, 6) is -0.370. The lowest BCUT2D eigenvalue weighted by molar-refractivity contribution is -0.140. The number of ether oxygens (including phenoxy) is 1. The van der Waals surface area contributed by atoms with Crippen LogP contribution in [0.1, 0.15) is 31.1 Å². The standard InChI is InChI=1S/C15H16F5N3O/c1-8(2)23-7-12(15(18,19)20)22-13(23)10-4-3-9(6-21)5-11(10)24-14(16)17/h3-5,7-8,14H,6,21H2,1-2H3. The lowest BCUT2D eigenvalue weighted by atomic mass is 10.1. The second-order valence-electron chi connectivity index (χ2n) is 5.36. The van der Waals surface area contributed by atoms with Gasteiger partial charge in [0.15, 0.2) is 5.69 Å². The van der Waals surface area contributed by atoms with Gasteiger partial charge in [-0.2, -0.15) is 22.0 Å². The van der Waals surface area contributed by atoms with E-state index in [0.717, 1.165) is 6.20 Å². The van der Waals surface area contributed by atoms with Gasteiger partial charge in [0.25, 0.3) is 0 Å². The van der Waals surface area contributed by atoms with E-state index in [1.165, 1.54) is 22.8 Å². The number of aromatic nitrogens is 2. The molecule has 0 radical (unpaired) electrons. The van der Waals surface area contributed by atoms with E-state index in [-0.39, 0.29) is 29.7 Å². The van der Waals surface area contributed by atoms with Crippen molar-refractivity contribution in [3.8, 4) is 17.1 Å². The second kappa shape index (κ2) is 6.76. The van der Waals surface area contributed by atoms with E-state index in [1.807, 2.05) is 0 Å². The topological polar surface area (TPSA) is 53.1 Å². The molecule has 0 spiro atoms. The third-order valence-corrected chi connectivity index (χ3v) is 3.32. The molecule has 24 heavy (non-hydrogen) atoms. The third kappa shape index (κ3) is 3.84. The number of halogens is 5.